The van der Waals surface area contributed by atoms with E-state index in [9.17, 15) is 19.2 Å². The average molecular weight is 575 g/mol. The number of para-hydroxylation sites is 3. The lowest BCUT2D eigenvalue weighted by molar-refractivity contribution is -0.128. The molecule has 43 heavy (non-hydrogen) atoms. The number of anilines is 2. The van der Waals surface area contributed by atoms with Crippen LogP contribution in [0.2, 0.25) is 0 Å². The summed E-state index contributed by atoms with van der Waals surface area (Å²) in [6.07, 6.45) is 1.45. The number of hydrogen-bond acceptors (Lipinski definition) is 6. The Labute approximate surface area is 247 Å². The molecule has 4 N–H and O–H groups in total. The molecule has 0 aliphatic carbocycles. The number of fused-ring (bicyclic) bond motifs is 7. The zero-order valence-electron chi connectivity index (χ0n) is 23.9. The van der Waals surface area contributed by atoms with E-state index < -0.39 is 28.7 Å². The molecular formula is C33H30N6O4. The van der Waals surface area contributed by atoms with Gasteiger partial charge in [-0.1, -0.05) is 54.6 Å². The minimum Gasteiger partial charge on any atom is -0.364 e. The first-order valence-corrected chi connectivity index (χ1v) is 14.4. The minimum atomic E-state index is -0.791. The molecule has 0 unspecified atom stereocenters. The number of aromatic nitrogens is 1. The standard InChI is InChI=1S/C33H30N6O4/c1-34-29(43)28(42)18-16-35-26-17(18)8-6-10-20(26)33-15-25(41)39(3)31(33)37-27-21(11-7-12-22(27)33)32-14-24(40)38(2)30(32)36-23-13-5-4-9-19(23)32/h4-13,16,30-31,35-37H,14-15H2,1-3H3,(H,34,43)/t30-,31-,32-,33+/m1/s1. The molecule has 0 spiro atoms. The predicted molar refractivity (Wildman–Crippen MR) is 161 cm³/mol. The summed E-state index contributed by atoms with van der Waals surface area (Å²) in [6.45, 7) is 0. The predicted octanol–water partition coefficient (Wildman–Crippen LogP) is 2.90. The van der Waals surface area contributed by atoms with Gasteiger partial charge in [0, 0.05) is 56.9 Å². The molecule has 5 heterocycles. The lowest BCUT2D eigenvalue weighted by atomic mass is 9.69. The Morgan fingerprint density at radius 1 is 0.791 bits per heavy atom. The van der Waals surface area contributed by atoms with Crippen LogP contribution in [0.25, 0.3) is 10.9 Å². The topological polar surface area (TPSA) is 127 Å². The van der Waals surface area contributed by atoms with Gasteiger partial charge in [-0.15, -0.1) is 0 Å². The quantitative estimate of drug-likeness (QED) is 0.219. The molecule has 3 amide bonds. The largest absolute Gasteiger partial charge is 0.364 e. The highest BCUT2D eigenvalue weighted by molar-refractivity contribution is 6.45. The number of Topliss-reactive ketones (excluding diaryl/α,β-unsaturated/α-hetero) is 1. The number of nitrogens with zero attached hydrogens (tertiary/aromatic N) is 2. The number of nitrogens with one attached hydrogen (secondary N) is 4. The zero-order valence-corrected chi connectivity index (χ0v) is 23.9. The van der Waals surface area contributed by atoms with Gasteiger partial charge >= 0.3 is 0 Å². The third-order valence-corrected chi connectivity index (χ3v) is 10.2. The van der Waals surface area contributed by atoms with Crippen LogP contribution in [0, 0.1) is 0 Å². The van der Waals surface area contributed by atoms with Crippen molar-refractivity contribution in [2.75, 3.05) is 31.8 Å². The van der Waals surface area contributed by atoms with Crippen molar-refractivity contribution in [3.05, 3.63) is 94.7 Å². The van der Waals surface area contributed by atoms with Gasteiger partial charge in [0.1, 0.15) is 12.3 Å². The first-order valence-electron chi connectivity index (χ1n) is 14.4. The summed E-state index contributed by atoms with van der Waals surface area (Å²) in [7, 11) is 5.08. The summed E-state index contributed by atoms with van der Waals surface area (Å²) in [5, 5.41) is 10.4. The monoisotopic (exact) mass is 574 g/mol. The van der Waals surface area contributed by atoms with E-state index in [1.165, 1.54) is 7.05 Å². The molecule has 2 fully saturated rings. The first kappa shape index (κ1) is 25.6. The summed E-state index contributed by atoms with van der Waals surface area (Å²) >= 11 is 0. The Balaban J connectivity index is 1.38. The molecule has 8 rings (SSSR count). The van der Waals surface area contributed by atoms with Crippen molar-refractivity contribution in [3.63, 3.8) is 0 Å². The molecular weight excluding hydrogens is 544 g/mol. The molecule has 10 nitrogen and oxygen atoms in total. The van der Waals surface area contributed by atoms with Crippen molar-refractivity contribution in [3.8, 4) is 0 Å². The molecule has 1 aromatic heterocycles. The van der Waals surface area contributed by atoms with Crippen molar-refractivity contribution in [1.82, 2.24) is 20.1 Å². The van der Waals surface area contributed by atoms with Gasteiger partial charge in [0.05, 0.1) is 21.9 Å². The van der Waals surface area contributed by atoms with E-state index in [2.05, 4.69) is 45.2 Å². The van der Waals surface area contributed by atoms with Gasteiger partial charge in [-0.2, -0.15) is 0 Å². The number of H-pyrrole nitrogens is 1. The van der Waals surface area contributed by atoms with E-state index in [-0.39, 0.29) is 30.0 Å². The zero-order chi connectivity index (χ0) is 29.8. The number of rotatable bonds is 4. The number of aromatic amines is 1. The van der Waals surface area contributed by atoms with Crippen LogP contribution in [-0.2, 0) is 25.2 Å². The molecule has 4 aliphatic rings. The second-order valence-corrected chi connectivity index (χ2v) is 12.0. The molecule has 216 valence electrons. The van der Waals surface area contributed by atoms with Crippen molar-refractivity contribution >= 4 is 45.8 Å². The van der Waals surface area contributed by atoms with Gasteiger partial charge < -0.3 is 30.7 Å². The fourth-order valence-electron chi connectivity index (χ4n) is 8.25. The Bertz CT molecular complexity index is 1930. The maximum absolute atomic E-state index is 13.4. The highest BCUT2D eigenvalue weighted by Crippen LogP contribution is 2.60. The Morgan fingerprint density at radius 3 is 2.07 bits per heavy atom. The number of benzene rings is 3. The van der Waals surface area contributed by atoms with Crippen LogP contribution in [0.4, 0.5) is 11.4 Å². The molecule has 10 heteroatoms. The number of likely N-dealkylation sites (tertiary alicyclic amines) is 2. The summed E-state index contributed by atoms with van der Waals surface area (Å²) in [5.74, 6) is -1.25. The first-order chi connectivity index (χ1) is 20.7. The van der Waals surface area contributed by atoms with Crippen LogP contribution in [0.5, 0.6) is 0 Å². The summed E-state index contributed by atoms with van der Waals surface area (Å²) in [4.78, 5) is 58.7. The molecule has 0 radical (unpaired) electrons. The van der Waals surface area contributed by atoms with Gasteiger partial charge in [0.25, 0.3) is 11.7 Å². The van der Waals surface area contributed by atoms with Gasteiger partial charge in [-0.05, 0) is 28.3 Å². The van der Waals surface area contributed by atoms with E-state index in [1.54, 1.807) is 16.0 Å². The molecule has 4 atom stereocenters. The number of carbonyl (C=O) groups is 4. The van der Waals surface area contributed by atoms with Crippen LogP contribution >= 0.6 is 0 Å². The van der Waals surface area contributed by atoms with Crippen LogP contribution in [0.15, 0.2) is 66.9 Å². The number of carbonyl (C=O) groups excluding carboxylic acids is 4. The fourth-order valence-corrected chi connectivity index (χ4v) is 8.25. The van der Waals surface area contributed by atoms with E-state index in [1.807, 2.05) is 50.5 Å². The summed E-state index contributed by atoms with van der Waals surface area (Å²) in [5.41, 5.74) is 5.42. The highest BCUT2D eigenvalue weighted by Gasteiger charge is 2.62. The van der Waals surface area contributed by atoms with Crippen LogP contribution in [0.3, 0.4) is 0 Å². The number of hydrogen-bond donors (Lipinski definition) is 4. The SMILES string of the molecule is CNC(=O)C(=O)c1c[nH]c2c([C@]34CC(=O)N(C)[C@H]3Nc3c([C@]56CC(=O)N(C)[C@H]5Nc5ccccc56)cccc34)cccc12. The summed E-state index contributed by atoms with van der Waals surface area (Å²) < 4.78 is 0. The molecule has 3 aromatic carbocycles. The molecule has 0 bridgehead atoms. The second-order valence-electron chi connectivity index (χ2n) is 12.0. The molecule has 2 saturated heterocycles. The lowest BCUT2D eigenvalue weighted by Crippen LogP contribution is -2.44. The van der Waals surface area contributed by atoms with E-state index in [0.717, 1.165) is 33.6 Å². The van der Waals surface area contributed by atoms with Crippen molar-refractivity contribution in [1.29, 1.82) is 0 Å². The number of amides is 3. The normalized spacial score (nSPS) is 26.6. The molecule has 0 saturated carbocycles. The number of likely N-dealkylation sites (N-methyl/N-ethyl adjacent to an activating group) is 3. The van der Waals surface area contributed by atoms with E-state index in [0.29, 0.717) is 17.3 Å². The van der Waals surface area contributed by atoms with E-state index >= 15 is 0 Å². The number of ketones is 1. The molecule has 4 aliphatic heterocycles. The van der Waals surface area contributed by atoms with Crippen LogP contribution in [-0.4, -0.2) is 71.8 Å². The third kappa shape index (κ3) is 2.97. The van der Waals surface area contributed by atoms with Gasteiger partial charge in [0.15, 0.2) is 0 Å². The smallest absolute Gasteiger partial charge is 0.292 e. The van der Waals surface area contributed by atoms with Gasteiger partial charge in [-0.25, -0.2) is 0 Å². The second kappa shape index (κ2) is 8.47. The van der Waals surface area contributed by atoms with E-state index in [4.69, 9.17) is 0 Å². The van der Waals surface area contributed by atoms with Crippen molar-refractivity contribution in [2.24, 2.45) is 0 Å². The highest BCUT2D eigenvalue weighted by atomic mass is 16.2. The van der Waals surface area contributed by atoms with Gasteiger partial charge in [-0.3, -0.25) is 19.2 Å². The Kier molecular flexibility index (Phi) is 5.04. The molecule has 4 aromatic rings. The van der Waals surface area contributed by atoms with Crippen LogP contribution < -0.4 is 16.0 Å². The Hall–Kier alpha value is -5.12. The van der Waals surface area contributed by atoms with Gasteiger partial charge in [0.2, 0.25) is 11.8 Å². The van der Waals surface area contributed by atoms with Crippen molar-refractivity contribution in [2.45, 2.75) is 36.0 Å². The third-order valence-electron chi connectivity index (χ3n) is 10.2. The Morgan fingerprint density at radius 2 is 1.37 bits per heavy atom. The summed E-state index contributed by atoms with van der Waals surface area (Å²) in [6, 6.07) is 20.0. The maximum Gasteiger partial charge on any atom is 0.292 e. The lowest BCUT2D eigenvalue weighted by Gasteiger charge is -2.33. The maximum atomic E-state index is 13.4. The minimum absolute atomic E-state index is 0.00142. The van der Waals surface area contributed by atoms with Crippen LogP contribution in [0.1, 0.15) is 45.5 Å². The van der Waals surface area contributed by atoms with Crippen molar-refractivity contribution < 1.29 is 19.2 Å². The fraction of sp³-hybridized carbons (Fsp3) is 0.273. The average Bonchev–Trinajstić information content (AvgIpc) is 3.79.